The lowest BCUT2D eigenvalue weighted by atomic mass is 9.69. The van der Waals surface area contributed by atoms with Gasteiger partial charge in [-0.15, -0.1) is 0 Å². The quantitative estimate of drug-likeness (QED) is 0.449. The molecule has 4 rings (SSSR count). The minimum Gasteiger partial charge on any atom is -0.327 e. The molecule has 4 heteroatoms. The summed E-state index contributed by atoms with van der Waals surface area (Å²) in [6.07, 6.45) is 23.2. The zero-order valence-corrected chi connectivity index (χ0v) is 21.5. The maximum Gasteiger partial charge on any atom is 0.0171 e. The molecule has 4 nitrogen and oxygen atoms in total. The summed E-state index contributed by atoms with van der Waals surface area (Å²) in [4.78, 5) is 0. The molecule has 4 fully saturated rings. The van der Waals surface area contributed by atoms with E-state index in [9.17, 15) is 0 Å². The normalized spacial score (nSPS) is 39.6. The van der Waals surface area contributed by atoms with Crippen LogP contribution in [0.4, 0.5) is 0 Å². The van der Waals surface area contributed by atoms with Gasteiger partial charge in [0.2, 0.25) is 0 Å². The molecule has 4 saturated carbocycles. The van der Waals surface area contributed by atoms with Gasteiger partial charge in [-0.05, 0) is 101 Å². The third-order valence-corrected chi connectivity index (χ3v) is 9.76. The average molecular weight is 449 g/mol. The van der Waals surface area contributed by atoms with Crippen molar-refractivity contribution in [3.05, 3.63) is 0 Å². The van der Waals surface area contributed by atoms with Crippen LogP contribution in [0.25, 0.3) is 0 Å². The molecule has 0 bridgehead atoms. The summed E-state index contributed by atoms with van der Waals surface area (Å²) in [5.41, 5.74) is 25.3. The van der Waals surface area contributed by atoms with Gasteiger partial charge >= 0.3 is 0 Å². The number of nitrogens with two attached hydrogens (primary N) is 4. The molecular formula is C28H56N4. The van der Waals surface area contributed by atoms with Gasteiger partial charge in [-0.2, -0.15) is 0 Å². The molecule has 0 spiro atoms. The topological polar surface area (TPSA) is 104 Å². The van der Waals surface area contributed by atoms with Gasteiger partial charge in [0.25, 0.3) is 0 Å². The van der Waals surface area contributed by atoms with Gasteiger partial charge in [0.15, 0.2) is 0 Å². The predicted molar refractivity (Wildman–Crippen MR) is 138 cm³/mol. The average Bonchev–Trinajstić information content (AvgIpc) is 2.74. The summed E-state index contributed by atoms with van der Waals surface area (Å²) in [7, 11) is 0. The van der Waals surface area contributed by atoms with E-state index < -0.39 is 0 Å². The summed E-state index contributed by atoms with van der Waals surface area (Å²) < 4.78 is 0. The molecule has 8 N–H and O–H groups in total. The lowest BCUT2D eigenvalue weighted by Crippen LogP contribution is -2.53. The zero-order chi connectivity index (χ0) is 23.2. The van der Waals surface area contributed by atoms with Crippen molar-refractivity contribution >= 4 is 0 Å². The number of hydrogen-bond acceptors (Lipinski definition) is 4. The number of hydrogen-bond donors (Lipinski definition) is 4. The molecule has 0 saturated heterocycles. The second-order valence-corrected chi connectivity index (χ2v) is 12.9. The molecule has 6 atom stereocenters. The summed E-state index contributed by atoms with van der Waals surface area (Å²) in [5, 5.41) is 0. The van der Waals surface area contributed by atoms with E-state index in [-0.39, 0.29) is 11.1 Å². The van der Waals surface area contributed by atoms with Crippen LogP contribution in [0.1, 0.15) is 129 Å². The molecule has 0 aliphatic heterocycles. The monoisotopic (exact) mass is 448 g/mol. The van der Waals surface area contributed by atoms with Gasteiger partial charge in [0.1, 0.15) is 0 Å². The Bertz CT molecular complexity index is 492. The fourth-order valence-electron chi connectivity index (χ4n) is 7.53. The van der Waals surface area contributed by atoms with E-state index in [4.69, 9.17) is 22.9 Å². The highest BCUT2D eigenvalue weighted by molar-refractivity contribution is 4.99. The third kappa shape index (κ3) is 7.96. The number of rotatable bonds is 4. The first-order valence-electron chi connectivity index (χ1n) is 14.3. The minimum absolute atomic E-state index is 0.0738. The minimum atomic E-state index is 0.0738. The first kappa shape index (κ1) is 26.4. The summed E-state index contributed by atoms with van der Waals surface area (Å²) >= 11 is 0. The van der Waals surface area contributed by atoms with Gasteiger partial charge in [0.05, 0.1) is 0 Å². The van der Waals surface area contributed by atoms with Crippen LogP contribution in [0.2, 0.25) is 0 Å². The van der Waals surface area contributed by atoms with E-state index in [2.05, 4.69) is 13.8 Å². The molecule has 4 aliphatic rings. The molecule has 188 valence electrons. The SMILES string of the molecule is CC1CC(CC2CCC(N)C(C)C2)CCC1N.NC1(CC2(N)CCCCC2)CCCCC1. The Morgan fingerprint density at radius 3 is 1.31 bits per heavy atom. The van der Waals surface area contributed by atoms with Crippen LogP contribution in [-0.2, 0) is 0 Å². The first-order chi connectivity index (χ1) is 15.2. The van der Waals surface area contributed by atoms with E-state index in [0.29, 0.717) is 12.1 Å². The van der Waals surface area contributed by atoms with E-state index in [1.807, 2.05) is 0 Å². The molecule has 0 heterocycles. The van der Waals surface area contributed by atoms with Crippen LogP contribution >= 0.6 is 0 Å². The molecule has 32 heavy (non-hydrogen) atoms. The molecule has 0 aromatic heterocycles. The van der Waals surface area contributed by atoms with Gasteiger partial charge in [-0.3, -0.25) is 0 Å². The molecule has 0 aromatic rings. The Kier molecular flexibility index (Phi) is 9.92. The van der Waals surface area contributed by atoms with Crippen LogP contribution < -0.4 is 22.9 Å². The van der Waals surface area contributed by atoms with Crippen LogP contribution in [-0.4, -0.2) is 23.2 Å². The van der Waals surface area contributed by atoms with Crippen molar-refractivity contribution in [3.63, 3.8) is 0 Å². The lowest BCUT2D eigenvalue weighted by Gasteiger charge is -2.43. The molecular weight excluding hydrogens is 392 g/mol. The summed E-state index contributed by atoms with van der Waals surface area (Å²) in [5.74, 6) is 3.35. The fourth-order valence-corrected chi connectivity index (χ4v) is 7.53. The Labute approximate surface area is 199 Å². The maximum atomic E-state index is 6.50. The Balaban J connectivity index is 0.000000182. The Morgan fingerprint density at radius 1 is 0.594 bits per heavy atom. The van der Waals surface area contributed by atoms with Crippen molar-refractivity contribution in [1.29, 1.82) is 0 Å². The van der Waals surface area contributed by atoms with Gasteiger partial charge in [-0.25, -0.2) is 0 Å². The van der Waals surface area contributed by atoms with Crippen LogP contribution in [0.5, 0.6) is 0 Å². The van der Waals surface area contributed by atoms with Crippen molar-refractivity contribution < 1.29 is 0 Å². The largest absolute Gasteiger partial charge is 0.327 e. The highest BCUT2D eigenvalue weighted by Crippen LogP contribution is 2.39. The predicted octanol–water partition coefficient (Wildman–Crippen LogP) is 5.60. The first-order valence-corrected chi connectivity index (χ1v) is 14.3. The second kappa shape index (κ2) is 12.0. The van der Waals surface area contributed by atoms with Crippen molar-refractivity contribution in [3.8, 4) is 0 Å². The van der Waals surface area contributed by atoms with Crippen molar-refractivity contribution in [1.82, 2.24) is 0 Å². The maximum absolute atomic E-state index is 6.50. The molecule has 4 aliphatic carbocycles. The fraction of sp³-hybridized carbons (Fsp3) is 1.00. The molecule has 6 unspecified atom stereocenters. The molecule has 0 amide bonds. The molecule has 0 aromatic carbocycles. The summed E-state index contributed by atoms with van der Waals surface area (Å²) in [6, 6.07) is 0.926. The van der Waals surface area contributed by atoms with Gasteiger partial charge in [-0.1, -0.05) is 52.4 Å². The van der Waals surface area contributed by atoms with Crippen molar-refractivity contribution in [2.45, 2.75) is 153 Å². The third-order valence-electron chi connectivity index (χ3n) is 9.76. The standard InChI is InChI=1S/C15H30N2.C13H26N2/c1-10-7-12(3-5-14(10)16)9-13-4-6-15(17)11(2)8-13;14-12(7-3-1-4-8-12)11-13(15)9-5-2-6-10-13/h10-15H,3-9,16-17H2,1-2H3;1-11,14-15H2. The van der Waals surface area contributed by atoms with E-state index in [1.54, 1.807) is 0 Å². The Morgan fingerprint density at radius 2 is 0.969 bits per heavy atom. The zero-order valence-electron chi connectivity index (χ0n) is 21.5. The van der Waals surface area contributed by atoms with E-state index >= 15 is 0 Å². The summed E-state index contributed by atoms with van der Waals surface area (Å²) in [6.45, 7) is 4.66. The van der Waals surface area contributed by atoms with E-state index in [1.165, 1.54) is 109 Å². The smallest absolute Gasteiger partial charge is 0.0171 e. The van der Waals surface area contributed by atoms with E-state index in [0.717, 1.165) is 30.1 Å². The van der Waals surface area contributed by atoms with Crippen LogP contribution in [0.15, 0.2) is 0 Å². The van der Waals surface area contributed by atoms with Crippen LogP contribution in [0.3, 0.4) is 0 Å². The van der Waals surface area contributed by atoms with Crippen molar-refractivity contribution in [2.75, 3.05) is 0 Å². The lowest BCUT2D eigenvalue weighted by molar-refractivity contribution is 0.169. The highest BCUT2D eigenvalue weighted by atomic mass is 14.8. The van der Waals surface area contributed by atoms with Gasteiger partial charge < -0.3 is 22.9 Å². The highest BCUT2D eigenvalue weighted by Gasteiger charge is 2.37. The van der Waals surface area contributed by atoms with Crippen LogP contribution in [0, 0.1) is 23.7 Å². The van der Waals surface area contributed by atoms with Crippen molar-refractivity contribution in [2.24, 2.45) is 46.6 Å². The van der Waals surface area contributed by atoms with Gasteiger partial charge in [0, 0.05) is 23.2 Å². The molecule has 0 radical (unpaired) electrons. The second-order valence-electron chi connectivity index (χ2n) is 12.9. The Hall–Kier alpha value is -0.160.